The van der Waals surface area contributed by atoms with E-state index in [1.54, 1.807) is 17.0 Å². The summed E-state index contributed by atoms with van der Waals surface area (Å²) in [5, 5.41) is 9.06. The molecular weight excluding hydrogens is 659 g/mol. The summed E-state index contributed by atoms with van der Waals surface area (Å²) in [6.45, 7) is 10.8. The van der Waals surface area contributed by atoms with Crippen LogP contribution >= 0.6 is 10.2 Å². The van der Waals surface area contributed by atoms with Crippen LogP contribution in [0, 0.1) is 0 Å². The maximum absolute atomic E-state index is 12.9. The number of anilines is 1. The Balaban J connectivity index is 1.26. The Hall–Kier alpha value is -3.98. The molecule has 0 saturated carbocycles. The van der Waals surface area contributed by atoms with Gasteiger partial charge in [-0.2, -0.15) is 0 Å². The Morgan fingerprint density at radius 1 is 0.935 bits per heavy atom. The van der Waals surface area contributed by atoms with Gasteiger partial charge in [0.15, 0.2) is 0 Å². The average molecular weight is 699 g/mol. The van der Waals surface area contributed by atoms with Crippen molar-refractivity contribution in [2.24, 2.45) is 10.2 Å². The number of rotatable bonds is 8. The molecule has 1 fully saturated rings. The van der Waals surface area contributed by atoms with E-state index in [0.717, 1.165) is 58.7 Å². The summed E-state index contributed by atoms with van der Waals surface area (Å²) >= 11 is 0.537. The molecule has 0 unspecified atom stereocenters. The van der Waals surface area contributed by atoms with Gasteiger partial charge in [0.2, 0.25) is 16.7 Å². The summed E-state index contributed by atoms with van der Waals surface area (Å²) < 4.78 is 8.21. The van der Waals surface area contributed by atoms with Gasteiger partial charge in [-0.05, 0) is 38.1 Å². The fraction of sp³-hybridized carbons (Fsp3) is 0.306. The van der Waals surface area contributed by atoms with Gasteiger partial charge in [-0.25, -0.2) is 4.98 Å². The smallest absolute Gasteiger partial charge is 0.150 e. The Morgan fingerprint density at radius 3 is 2.28 bits per heavy atom. The average Bonchev–Trinajstić information content (AvgIpc) is 3.07. The second kappa shape index (κ2) is 13.8. The van der Waals surface area contributed by atoms with Crippen molar-refractivity contribution >= 4 is 69.2 Å². The molecule has 1 atom stereocenters. The predicted octanol–water partition coefficient (Wildman–Crippen LogP) is 8.68. The number of para-hydroxylation sites is 1. The molecule has 0 bridgehead atoms. The minimum atomic E-state index is -0.335. The van der Waals surface area contributed by atoms with Crippen molar-refractivity contribution in [3.8, 4) is 11.4 Å². The molecule has 0 N–H and O–H groups in total. The molecule has 0 radical (unpaired) electrons. The quantitative estimate of drug-likeness (QED) is 0.0702. The molecule has 1 aliphatic heterocycles. The number of ether oxygens (including phenoxy) is 1. The Bertz CT molecular complexity index is 1880. The zero-order chi connectivity index (χ0) is 32.3. The molecule has 1 saturated heterocycles. The summed E-state index contributed by atoms with van der Waals surface area (Å²) in [6.07, 6.45) is 0.660. The first-order valence-corrected chi connectivity index (χ1v) is 19.5. The molecule has 0 spiro atoms. The first kappa shape index (κ1) is 32.0. The molecule has 5 aromatic rings. The molecule has 236 valence electrons. The monoisotopic (exact) mass is 699 g/mol. The fourth-order valence-corrected chi connectivity index (χ4v) is 10.9. The zero-order valence-corrected chi connectivity index (χ0v) is 29.4. The summed E-state index contributed by atoms with van der Waals surface area (Å²) in [4.78, 5) is 21.9. The van der Waals surface area contributed by atoms with Crippen LogP contribution in [0.25, 0.3) is 27.8 Å². The van der Waals surface area contributed by atoms with E-state index < -0.39 is 0 Å². The van der Waals surface area contributed by atoms with Gasteiger partial charge in [-0.3, -0.25) is 0 Å². The van der Waals surface area contributed by atoms with E-state index in [9.17, 15) is 4.79 Å². The van der Waals surface area contributed by atoms with Gasteiger partial charge in [0, 0.05) is 43.0 Å². The molecule has 1 amide bonds. The minimum absolute atomic E-state index is 0.177. The van der Waals surface area contributed by atoms with Crippen LogP contribution < -0.4 is 14.2 Å². The van der Waals surface area contributed by atoms with Gasteiger partial charge in [0.05, 0.1) is 5.69 Å². The topological polar surface area (TPSA) is 74.3 Å². The molecule has 0 aliphatic carbocycles. The van der Waals surface area contributed by atoms with Crippen LogP contribution in [-0.4, -0.2) is 61.7 Å². The molecule has 1 aliphatic rings. The number of aromatic nitrogens is 2. The zero-order valence-electron chi connectivity index (χ0n) is 26.9. The fourth-order valence-electron chi connectivity index (χ4n) is 5.73. The predicted molar refractivity (Wildman–Crippen MR) is 189 cm³/mol. The largest absolute Gasteiger partial charge is 0.239 e. The second-order valence-electron chi connectivity index (χ2n) is 12.0. The minimum Gasteiger partial charge on any atom is -0.150 e. The van der Waals surface area contributed by atoms with Crippen LogP contribution in [0.4, 0.5) is 21.9 Å². The van der Waals surface area contributed by atoms with Gasteiger partial charge >= 0.3 is 134 Å². The van der Waals surface area contributed by atoms with Crippen molar-refractivity contribution in [1.82, 2.24) is 9.88 Å². The van der Waals surface area contributed by atoms with Crippen LogP contribution in [-0.2, 0) is 0 Å². The third-order valence-electron chi connectivity index (χ3n) is 8.21. The van der Waals surface area contributed by atoms with Crippen molar-refractivity contribution in [1.29, 1.82) is 0 Å². The normalized spacial score (nSPS) is 16.2. The van der Waals surface area contributed by atoms with E-state index in [0.29, 0.717) is 31.0 Å². The first-order chi connectivity index (χ1) is 22.2. The Labute approximate surface area is 280 Å². The number of azo groups is 1. The molecule has 46 heavy (non-hydrogen) atoms. The molecule has 8 nitrogen and oxygen atoms in total. The number of benzene rings is 4. The number of hydrogen-bond acceptors (Lipinski definition) is 7. The van der Waals surface area contributed by atoms with E-state index in [-0.39, 0.29) is 16.4 Å². The molecular formula is C36H39N6O2SSe+. The summed E-state index contributed by atoms with van der Waals surface area (Å²) in [7, 11) is 3.79. The molecule has 4 aromatic carbocycles. The van der Waals surface area contributed by atoms with Crippen molar-refractivity contribution < 1.29 is 14.1 Å². The van der Waals surface area contributed by atoms with Crippen LogP contribution in [0.5, 0.6) is 5.75 Å². The third-order valence-corrected chi connectivity index (χ3v) is 14.1. The number of amides is 1. The number of nitrogens with zero attached hydrogens (tertiary/aromatic N) is 6. The van der Waals surface area contributed by atoms with Crippen LogP contribution in [0.15, 0.2) is 101 Å². The van der Waals surface area contributed by atoms with Gasteiger partial charge in [0.1, 0.15) is 11.0 Å². The number of carbonyl (C=O) groups is 1. The summed E-state index contributed by atoms with van der Waals surface area (Å²) in [5.74, 6) is 1.44. The number of hydrogen-bond donors (Lipinski definition) is 0. The Kier molecular flexibility index (Phi) is 9.59. The second-order valence-corrected chi connectivity index (χ2v) is 17.5. The van der Waals surface area contributed by atoms with Gasteiger partial charge in [0.25, 0.3) is 0 Å². The first-order valence-electron chi connectivity index (χ1n) is 15.6. The SMILES string of the molecule is CCN(CC)c1ccc2nc3ccc(N=Nc4ccc(OC(=O)N(C)[C@H]5CS[Se]C(C)(C)C5)cc4)cc3[n+](-c3ccccc3)c2c1. The maximum atomic E-state index is 12.9. The van der Waals surface area contributed by atoms with Crippen molar-refractivity contribution in [2.45, 2.75) is 44.5 Å². The van der Waals surface area contributed by atoms with Crippen molar-refractivity contribution in [3.63, 3.8) is 0 Å². The van der Waals surface area contributed by atoms with Gasteiger partial charge in [-0.15, -0.1) is 4.57 Å². The number of fused-ring (bicyclic) bond motifs is 2. The third kappa shape index (κ3) is 7.04. The van der Waals surface area contributed by atoms with E-state index in [1.807, 2.05) is 65.8 Å². The van der Waals surface area contributed by atoms with E-state index in [4.69, 9.17) is 9.72 Å². The molecule has 1 aromatic heterocycles. The molecule has 2 heterocycles. The van der Waals surface area contributed by atoms with E-state index >= 15 is 0 Å². The van der Waals surface area contributed by atoms with E-state index in [1.165, 1.54) is 0 Å². The summed E-state index contributed by atoms with van der Waals surface area (Å²) in [5.41, 5.74) is 7.36. The maximum Gasteiger partial charge on any atom is 0.239 e. The number of carbonyl (C=O) groups excluding carboxylic acids is 1. The van der Waals surface area contributed by atoms with Crippen molar-refractivity contribution in [3.05, 3.63) is 91.0 Å². The van der Waals surface area contributed by atoms with Crippen LogP contribution in [0.1, 0.15) is 34.1 Å². The van der Waals surface area contributed by atoms with Crippen molar-refractivity contribution in [2.75, 3.05) is 30.8 Å². The molecule has 6 rings (SSSR count). The standard InChI is InChI=1S/C36H39N6O2SSe/c1-6-41(7-2)28-16-20-32-34(22-28)42(27-11-9-8-10-12-27)33-21-26(15-19-31(33)37-32)39-38-25-13-17-30(18-14-25)44-35(43)40(5)29-23-36(3,4)46-45-24-29/h8-22,29H,6-7,23-24H2,1-5H3/q+1/t29-/m1/s1. The summed E-state index contributed by atoms with van der Waals surface area (Å²) in [6, 6.07) is 30.1. The Morgan fingerprint density at radius 2 is 1.59 bits per heavy atom. The molecule has 10 heteroatoms. The van der Waals surface area contributed by atoms with E-state index in [2.05, 4.69) is 77.7 Å². The van der Waals surface area contributed by atoms with Gasteiger partial charge < -0.3 is 4.90 Å². The van der Waals surface area contributed by atoms with Gasteiger partial charge in [-0.1, -0.05) is 18.2 Å². The van der Waals surface area contributed by atoms with Crippen LogP contribution in [0.3, 0.4) is 0 Å². The van der Waals surface area contributed by atoms with Crippen LogP contribution in [0.2, 0.25) is 4.31 Å².